The molecule has 0 aliphatic carbocycles. The molecule has 23 heavy (non-hydrogen) atoms. The van der Waals surface area contributed by atoms with Crippen LogP contribution in [0.2, 0.25) is 0 Å². The number of pyridine rings is 1. The Hall–Kier alpha value is -2.77. The number of aromatic carboxylic acids is 1. The van der Waals surface area contributed by atoms with E-state index < -0.39 is 11.5 Å². The first kappa shape index (κ1) is 15.1. The molecule has 0 bridgehead atoms. The Morgan fingerprint density at radius 2 is 2.13 bits per heavy atom. The van der Waals surface area contributed by atoms with E-state index in [1.165, 1.54) is 6.07 Å². The maximum atomic E-state index is 12.3. The first-order valence-electron chi connectivity index (χ1n) is 7.21. The Balaban J connectivity index is 2.22. The molecule has 0 aromatic carbocycles. The maximum Gasteiger partial charge on any atom is 0.338 e. The average molecular weight is 315 g/mol. The van der Waals surface area contributed by atoms with Crippen molar-refractivity contribution in [3.05, 3.63) is 23.5 Å². The van der Waals surface area contributed by atoms with Crippen LogP contribution in [0.5, 0.6) is 0 Å². The summed E-state index contributed by atoms with van der Waals surface area (Å²) in [5.41, 5.74) is 0.339. The number of nitrogens with zero attached hydrogens (tertiary/aromatic N) is 4. The normalized spacial score (nSPS) is 20.9. The van der Waals surface area contributed by atoms with Gasteiger partial charge in [-0.3, -0.25) is 9.48 Å². The molecule has 2 N–H and O–H groups in total. The van der Waals surface area contributed by atoms with Crippen molar-refractivity contribution in [2.75, 3.05) is 0 Å². The molecule has 2 aromatic rings. The van der Waals surface area contributed by atoms with Gasteiger partial charge in [0.15, 0.2) is 5.84 Å². The first-order chi connectivity index (χ1) is 10.7. The molecule has 1 atom stereocenters. The summed E-state index contributed by atoms with van der Waals surface area (Å²) in [7, 11) is 1.71. The molecule has 3 heterocycles. The summed E-state index contributed by atoms with van der Waals surface area (Å²) in [4.78, 5) is 32.6. The second-order valence-electron chi connectivity index (χ2n) is 6.08. The molecule has 120 valence electrons. The molecule has 0 saturated carbocycles. The highest BCUT2D eigenvalue weighted by molar-refractivity contribution is 6.18. The summed E-state index contributed by atoms with van der Waals surface area (Å²) in [5.74, 6) is -1.23. The third kappa shape index (κ3) is 2.18. The molecule has 2 aromatic heterocycles. The molecular formula is C15H17N5O3. The monoisotopic (exact) mass is 315 g/mol. The van der Waals surface area contributed by atoms with Crippen LogP contribution in [-0.4, -0.2) is 43.1 Å². The van der Waals surface area contributed by atoms with Gasteiger partial charge >= 0.3 is 5.97 Å². The molecule has 0 saturated heterocycles. The maximum absolute atomic E-state index is 12.3. The summed E-state index contributed by atoms with van der Waals surface area (Å²) < 4.78 is 1.55. The lowest BCUT2D eigenvalue weighted by atomic mass is 9.89. The van der Waals surface area contributed by atoms with Gasteiger partial charge in [-0.2, -0.15) is 5.10 Å². The zero-order chi connectivity index (χ0) is 16.9. The summed E-state index contributed by atoms with van der Waals surface area (Å²) >= 11 is 0. The Labute approximate surface area is 132 Å². The number of hydrogen-bond donors (Lipinski definition) is 2. The lowest BCUT2D eigenvalue weighted by Gasteiger charge is -2.21. The number of aliphatic imine (C=N–C) groups is 1. The molecule has 3 rings (SSSR count). The molecule has 1 unspecified atom stereocenters. The minimum Gasteiger partial charge on any atom is -0.478 e. The summed E-state index contributed by atoms with van der Waals surface area (Å²) in [6.07, 6.45) is 1.55. The van der Waals surface area contributed by atoms with Gasteiger partial charge in [0.2, 0.25) is 0 Å². The molecule has 1 aliphatic rings. The highest BCUT2D eigenvalue weighted by Crippen LogP contribution is 2.28. The number of amidine groups is 1. The third-order valence-electron chi connectivity index (χ3n) is 4.35. The van der Waals surface area contributed by atoms with Gasteiger partial charge in [0, 0.05) is 7.05 Å². The SMILES string of the molecule is CC(C)C1(C)N=C(c2nc3cnn(C)c3cc2C(=O)O)NC1=O. The lowest BCUT2D eigenvalue weighted by molar-refractivity contribution is -0.124. The second kappa shape index (κ2) is 4.87. The number of aromatic nitrogens is 3. The van der Waals surface area contributed by atoms with Gasteiger partial charge in [0.25, 0.3) is 5.91 Å². The van der Waals surface area contributed by atoms with E-state index in [1.54, 1.807) is 24.9 Å². The smallest absolute Gasteiger partial charge is 0.338 e. The zero-order valence-electron chi connectivity index (χ0n) is 13.3. The van der Waals surface area contributed by atoms with Crippen molar-refractivity contribution in [2.45, 2.75) is 26.3 Å². The van der Waals surface area contributed by atoms with E-state index in [9.17, 15) is 14.7 Å². The van der Waals surface area contributed by atoms with Crippen LogP contribution in [0.15, 0.2) is 17.3 Å². The lowest BCUT2D eigenvalue weighted by Crippen LogP contribution is -2.41. The van der Waals surface area contributed by atoms with Crippen LogP contribution in [0.4, 0.5) is 0 Å². The van der Waals surface area contributed by atoms with Gasteiger partial charge in [0.05, 0.1) is 17.3 Å². The predicted molar refractivity (Wildman–Crippen MR) is 83.4 cm³/mol. The van der Waals surface area contributed by atoms with Crippen molar-refractivity contribution in [2.24, 2.45) is 18.0 Å². The van der Waals surface area contributed by atoms with Gasteiger partial charge in [-0.1, -0.05) is 13.8 Å². The average Bonchev–Trinajstić information content (AvgIpc) is 3.00. The fraction of sp³-hybridized carbons (Fsp3) is 0.400. The fourth-order valence-corrected chi connectivity index (χ4v) is 2.47. The number of nitrogens with one attached hydrogen (secondary N) is 1. The van der Waals surface area contributed by atoms with E-state index in [2.05, 4.69) is 20.4 Å². The van der Waals surface area contributed by atoms with Crippen molar-refractivity contribution in [1.29, 1.82) is 0 Å². The fourth-order valence-electron chi connectivity index (χ4n) is 2.47. The van der Waals surface area contributed by atoms with Crippen LogP contribution in [0.3, 0.4) is 0 Å². The Morgan fingerprint density at radius 1 is 1.43 bits per heavy atom. The van der Waals surface area contributed by atoms with Crippen molar-refractivity contribution < 1.29 is 14.7 Å². The topological polar surface area (TPSA) is 109 Å². The number of aryl methyl sites for hydroxylation is 1. The molecule has 1 aliphatic heterocycles. The number of carboxylic acid groups (broad SMARTS) is 1. The summed E-state index contributed by atoms with van der Waals surface area (Å²) in [5, 5.41) is 16.2. The van der Waals surface area contributed by atoms with Gasteiger partial charge in [0.1, 0.15) is 16.7 Å². The Kier molecular flexibility index (Phi) is 3.20. The molecule has 8 nitrogen and oxygen atoms in total. The summed E-state index contributed by atoms with van der Waals surface area (Å²) in [6.45, 7) is 5.51. The number of carbonyl (C=O) groups is 2. The van der Waals surface area contributed by atoms with Crippen molar-refractivity contribution in [3.63, 3.8) is 0 Å². The molecule has 1 amide bonds. The van der Waals surface area contributed by atoms with Gasteiger partial charge in [-0.25, -0.2) is 14.8 Å². The second-order valence-corrected chi connectivity index (χ2v) is 6.08. The van der Waals surface area contributed by atoms with E-state index in [0.29, 0.717) is 11.0 Å². The first-order valence-corrected chi connectivity index (χ1v) is 7.21. The number of rotatable bonds is 3. The molecule has 8 heteroatoms. The standard InChI is InChI=1S/C15H17N5O3/c1-7(2)15(3)14(23)18-12(19-15)11-8(13(21)22)5-10-9(17-11)6-16-20(10)4/h5-7H,1-4H3,(H,21,22)(H,18,19,23). The minimum atomic E-state index is -1.13. The Morgan fingerprint density at radius 3 is 2.70 bits per heavy atom. The van der Waals surface area contributed by atoms with E-state index in [0.717, 1.165) is 0 Å². The van der Waals surface area contributed by atoms with Crippen molar-refractivity contribution >= 4 is 28.7 Å². The van der Waals surface area contributed by atoms with Crippen LogP contribution in [0, 0.1) is 5.92 Å². The predicted octanol–water partition coefficient (Wildman–Crippen LogP) is 0.958. The van der Waals surface area contributed by atoms with Gasteiger partial charge in [-0.05, 0) is 18.9 Å². The van der Waals surface area contributed by atoms with Crippen LogP contribution < -0.4 is 5.32 Å². The molecule has 0 radical (unpaired) electrons. The van der Waals surface area contributed by atoms with Crippen molar-refractivity contribution in [1.82, 2.24) is 20.1 Å². The van der Waals surface area contributed by atoms with Crippen molar-refractivity contribution in [3.8, 4) is 0 Å². The zero-order valence-corrected chi connectivity index (χ0v) is 13.3. The van der Waals surface area contributed by atoms with Crippen LogP contribution in [0.1, 0.15) is 36.8 Å². The molecule has 0 fully saturated rings. The highest BCUT2D eigenvalue weighted by atomic mass is 16.4. The number of hydrogen-bond acceptors (Lipinski definition) is 5. The van der Waals surface area contributed by atoms with Gasteiger partial charge < -0.3 is 10.4 Å². The van der Waals surface area contributed by atoms with E-state index >= 15 is 0 Å². The largest absolute Gasteiger partial charge is 0.478 e. The van der Waals surface area contributed by atoms with E-state index in [4.69, 9.17) is 0 Å². The summed E-state index contributed by atoms with van der Waals surface area (Å²) in [6, 6.07) is 1.49. The Bertz CT molecular complexity index is 867. The van der Waals surface area contributed by atoms with Gasteiger partial charge in [-0.15, -0.1) is 0 Å². The van der Waals surface area contributed by atoms with Crippen LogP contribution in [-0.2, 0) is 11.8 Å². The minimum absolute atomic E-state index is 0.0202. The quantitative estimate of drug-likeness (QED) is 0.876. The highest BCUT2D eigenvalue weighted by Gasteiger charge is 2.43. The van der Waals surface area contributed by atoms with Crippen LogP contribution >= 0.6 is 0 Å². The van der Waals surface area contributed by atoms with Crippen LogP contribution in [0.25, 0.3) is 11.0 Å². The number of carboxylic acids is 1. The molecular weight excluding hydrogens is 298 g/mol. The number of fused-ring (bicyclic) bond motifs is 1. The van der Waals surface area contributed by atoms with E-state index in [1.807, 2.05) is 13.8 Å². The number of amides is 1. The molecule has 0 spiro atoms. The van der Waals surface area contributed by atoms with E-state index in [-0.39, 0.29) is 28.9 Å². The number of carbonyl (C=O) groups excluding carboxylic acids is 1. The third-order valence-corrected chi connectivity index (χ3v) is 4.35.